The van der Waals surface area contributed by atoms with Crippen molar-refractivity contribution in [3.63, 3.8) is 0 Å². The zero-order valence-corrected chi connectivity index (χ0v) is 11.0. The van der Waals surface area contributed by atoms with E-state index in [1.165, 1.54) is 0 Å². The summed E-state index contributed by atoms with van der Waals surface area (Å²) in [6, 6.07) is 15.2. The molecule has 0 saturated carbocycles. The smallest absolute Gasteiger partial charge is 0.337 e. The molecule has 0 bridgehead atoms. The Kier molecular flexibility index (Phi) is 2.99. The van der Waals surface area contributed by atoms with Crippen molar-refractivity contribution in [1.82, 2.24) is 9.55 Å². The summed E-state index contributed by atoms with van der Waals surface area (Å²) >= 11 is 0. The summed E-state index contributed by atoms with van der Waals surface area (Å²) in [5.74, 6) is -0.933. The van der Waals surface area contributed by atoms with Crippen molar-refractivity contribution >= 4 is 17.0 Å². The molecule has 100 valence electrons. The van der Waals surface area contributed by atoms with E-state index in [0.717, 1.165) is 5.56 Å². The number of rotatable bonds is 3. The third-order valence-corrected chi connectivity index (χ3v) is 3.52. The van der Waals surface area contributed by atoms with E-state index in [0.29, 0.717) is 11.0 Å². The summed E-state index contributed by atoms with van der Waals surface area (Å²) in [4.78, 5) is 15.7. The first-order chi connectivity index (χ1) is 9.68. The number of imidazole rings is 1. The second-order valence-corrected chi connectivity index (χ2v) is 4.72. The Hall–Kier alpha value is -2.62. The lowest BCUT2D eigenvalue weighted by atomic mass is 10.1. The van der Waals surface area contributed by atoms with Gasteiger partial charge in [-0.25, -0.2) is 9.78 Å². The number of para-hydroxylation sites is 1. The van der Waals surface area contributed by atoms with Crippen molar-refractivity contribution < 1.29 is 9.90 Å². The first-order valence-electron chi connectivity index (χ1n) is 6.42. The van der Waals surface area contributed by atoms with Crippen LogP contribution in [0.3, 0.4) is 0 Å². The Morgan fingerprint density at radius 1 is 1.15 bits per heavy atom. The number of aromatic carboxylic acids is 1. The van der Waals surface area contributed by atoms with Crippen molar-refractivity contribution in [2.75, 3.05) is 0 Å². The van der Waals surface area contributed by atoms with Gasteiger partial charge in [0, 0.05) is 0 Å². The zero-order valence-electron chi connectivity index (χ0n) is 11.0. The van der Waals surface area contributed by atoms with Crippen LogP contribution < -0.4 is 0 Å². The fourth-order valence-corrected chi connectivity index (χ4v) is 2.45. The standard InChI is InChI=1S/C16H14N2O2/c1-11(12-6-3-2-4-7-12)18-10-17-14-9-5-8-13(15(14)18)16(19)20/h2-11H,1H3,(H,19,20). The Labute approximate surface area is 116 Å². The summed E-state index contributed by atoms with van der Waals surface area (Å²) in [6.45, 7) is 2.04. The lowest BCUT2D eigenvalue weighted by molar-refractivity contribution is 0.0698. The van der Waals surface area contributed by atoms with E-state index in [1.54, 1.807) is 18.5 Å². The number of hydrogen-bond acceptors (Lipinski definition) is 2. The molecular weight excluding hydrogens is 252 g/mol. The zero-order chi connectivity index (χ0) is 14.1. The van der Waals surface area contributed by atoms with Gasteiger partial charge >= 0.3 is 5.97 Å². The Bertz CT molecular complexity index is 763. The van der Waals surface area contributed by atoms with Crippen LogP contribution in [0.4, 0.5) is 0 Å². The number of carbonyl (C=O) groups is 1. The molecule has 0 spiro atoms. The molecule has 0 fully saturated rings. The van der Waals surface area contributed by atoms with Crippen molar-refractivity contribution in [3.05, 3.63) is 66.0 Å². The van der Waals surface area contributed by atoms with Crippen LogP contribution in [0.2, 0.25) is 0 Å². The van der Waals surface area contributed by atoms with E-state index < -0.39 is 5.97 Å². The predicted molar refractivity (Wildman–Crippen MR) is 76.9 cm³/mol. The highest BCUT2D eigenvalue weighted by atomic mass is 16.4. The fraction of sp³-hybridized carbons (Fsp3) is 0.125. The quantitative estimate of drug-likeness (QED) is 0.791. The number of nitrogens with zero attached hydrogens (tertiary/aromatic N) is 2. The van der Waals surface area contributed by atoms with E-state index in [4.69, 9.17) is 0 Å². The normalized spacial score (nSPS) is 12.4. The van der Waals surface area contributed by atoms with Crippen LogP contribution in [-0.2, 0) is 0 Å². The maximum absolute atomic E-state index is 11.4. The van der Waals surface area contributed by atoms with Crippen LogP contribution in [0.5, 0.6) is 0 Å². The van der Waals surface area contributed by atoms with Crippen LogP contribution in [0.15, 0.2) is 54.9 Å². The summed E-state index contributed by atoms with van der Waals surface area (Å²) < 4.78 is 1.91. The van der Waals surface area contributed by atoms with Gasteiger partial charge in [0.1, 0.15) is 0 Å². The van der Waals surface area contributed by atoms with Gasteiger partial charge < -0.3 is 9.67 Å². The van der Waals surface area contributed by atoms with Crippen molar-refractivity contribution in [3.8, 4) is 0 Å². The van der Waals surface area contributed by atoms with E-state index in [-0.39, 0.29) is 11.6 Å². The van der Waals surface area contributed by atoms with E-state index in [9.17, 15) is 9.90 Å². The summed E-state index contributed by atoms with van der Waals surface area (Å²) in [7, 11) is 0. The number of fused-ring (bicyclic) bond motifs is 1. The van der Waals surface area contributed by atoms with Crippen molar-refractivity contribution in [2.45, 2.75) is 13.0 Å². The number of carboxylic acid groups (broad SMARTS) is 1. The van der Waals surface area contributed by atoms with Crippen LogP contribution in [0.1, 0.15) is 28.9 Å². The first kappa shape index (κ1) is 12.4. The molecule has 0 aliphatic carbocycles. The van der Waals surface area contributed by atoms with Crippen molar-refractivity contribution in [2.24, 2.45) is 0 Å². The van der Waals surface area contributed by atoms with Gasteiger partial charge in [0.2, 0.25) is 0 Å². The average molecular weight is 266 g/mol. The molecule has 2 aromatic carbocycles. The minimum Gasteiger partial charge on any atom is -0.478 e. The third kappa shape index (κ3) is 1.95. The van der Waals surface area contributed by atoms with Gasteiger partial charge in [-0.15, -0.1) is 0 Å². The van der Waals surface area contributed by atoms with Crippen LogP contribution in [0, 0.1) is 0 Å². The molecule has 4 heteroatoms. The van der Waals surface area contributed by atoms with Gasteiger partial charge in [0.25, 0.3) is 0 Å². The number of aromatic nitrogens is 2. The largest absolute Gasteiger partial charge is 0.478 e. The number of carboxylic acids is 1. The molecule has 0 aliphatic rings. The highest BCUT2D eigenvalue weighted by Gasteiger charge is 2.17. The first-order valence-corrected chi connectivity index (χ1v) is 6.42. The van der Waals surface area contributed by atoms with Gasteiger partial charge in [-0.2, -0.15) is 0 Å². The second-order valence-electron chi connectivity index (χ2n) is 4.72. The topological polar surface area (TPSA) is 55.1 Å². The van der Waals surface area contributed by atoms with E-state index in [1.807, 2.05) is 47.9 Å². The number of hydrogen-bond donors (Lipinski definition) is 1. The molecule has 1 heterocycles. The summed E-state index contributed by atoms with van der Waals surface area (Å²) in [6.07, 6.45) is 1.70. The molecule has 0 saturated heterocycles. The Morgan fingerprint density at radius 2 is 1.90 bits per heavy atom. The number of benzene rings is 2. The fourth-order valence-electron chi connectivity index (χ4n) is 2.45. The van der Waals surface area contributed by atoms with Crippen molar-refractivity contribution in [1.29, 1.82) is 0 Å². The van der Waals surface area contributed by atoms with Gasteiger partial charge in [-0.1, -0.05) is 36.4 Å². The molecule has 3 aromatic rings. The van der Waals surface area contributed by atoms with E-state index >= 15 is 0 Å². The third-order valence-electron chi connectivity index (χ3n) is 3.52. The monoisotopic (exact) mass is 266 g/mol. The molecule has 4 nitrogen and oxygen atoms in total. The van der Waals surface area contributed by atoms with Crippen LogP contribution in [-0.4, -0.2) is 20.6 Å². The molecule has 0 radical (unpaired) electrons. The molecule has 1 aromatic heterocycles. The molecule has 0 aliphatic heterocycles. The highest BCUT2D eigenvalue weighted by molar-refractivity contribution is 6.01. The van der Waals surface area contributed by atoms with E-state index in [2.05, 4.69) is 4.98 Å². The molecule has 0 amide bonds. The molecule has 1 unspecified atom stereocenters. The maximum atomic E-state index is 11.4. The lowest BCUT2D eigenvalue weighted by Crippen LogP contribution is -2.08. The summed E-state index contributed by atoms with van der Waals surface area (Å²) in [5, 5.41) is 9.34. The SMILES string of the molecule is CC(c1ccccc1)n1cnc2cccc(C(=O)O)c21. The molecule has 20 heavy (non-hydrogen) atoms. The lowest BCUT2D eigenvalue weighted by Gasteiger charge is -2.15. The average Bonchev–Trinajstić information content (AvgIpc) is 2.91. The molecule has 1 N–H and O–H groups in total. The maximum Gasteiger partial charge on any atom is 0.337 e. The predicted octanol–water partition coefficient (Wildman–Crippen LogP) is 3.34. The Balaban J connectivity index is 2.20. The van der Waals surface area contributed by atoms with Gasteiger partial charge in [-0.05, 0) is 24.6 Å². The molecule has 1 atom stereocenters. The summed E-state index contributed by atoms with van der Waals surface area (Å²) in [5.41, 5.74) is 2.76. The van der Waals surface area contributed by atoms with Gasteiger partial charge in [-0.3, -0.25) is 0 Å². The minimum atomic E-state index is -0.933. The molecule has 3 rings (SSSR count). The minimum absolute atomic E-state index is 0.0294. The van der Waals surface area contributed by atoms with Gasteiger partial charge in [0.15, 0.2) is 0 Å². The van der Waals surface area contributed by atoms with Crippen LogP contribution in [0.25, 0.3) is 11.0 Å². The van der Waals surface area contributed by atoms with Gasteiger partial charge in [0.05, 0.1) is 29.0 Å². The van der Waals surface area contributed by atoms with Crippen LogP contribution >= 0.6 is 0 Å². The Morgan fingerprint density at radius 3 is 2.60 bits per heavy atom. The highest BCUT2D eigenvalue weighted by Crippen LogP contribution is 2.25. The molecular formula is C16H14N2O2. The second kappa shape index (κ2) is 4.81.